The summed E-state index contributed by atoms with van der Waals surface area (Å²) >= 11 is 0. The molecular weight excluding hydrogens is 173 g/mol. The van der Waals surface area contributed by atoms with Gasteiger partial charge in [0.05, 0.1) is 5.69 Å². The van der Waals surface area contributed by atoms with Crippen LogP contribution in [0.5, 0.6) is 0 Å². The van der Waals surface area contributed by atoms with Gasteiger partial charge in [-0.15, -0.1) is 0 Å². The van der Waals surface area contributed by atoms with Gasteiger partial charge in [0.25, 0.3) is 5.91 Å². The molecule has 0 saturated carbocycles. The third kappa shape index (κ3) is 1.02. The molecule has 0 fully saturated rings. The van der Waals surface area contributed by atoms with Crippen LogP contribution in [0.2, 0.25) is 0 Å². The number of carbonyl (C=O) groups is 1. The minimum absolute atomic E-state index is 0.0602. The van der Waals surface area contributed by atoms with E-state index in [1.807, 2.05) is 0 Å². The Kier molecular flexibility index (Phi) is 1.60. The highest BCUT2D eigenvalue weighted by Gasteiger charge is 2.32. The Morgan fingerprint density at radius 3 is 2.85 bits per heavy atom. The van der Waals surface area contributed by atoms with Crippen molar-refractivity contribution in [2.45, 2.75) is 13.0 Å². The first-order chi connectivity index (χ1) is 6.11. The van der Waals surface area contributed by atoms with Crippen LogP contribution in [0.1, 0.15) is 17.2 Å². The lowest BCUT2D eigenvalue weighted by molar-refractivity contribution is -0.123. The standard InChI is InChI=1S/C9H8FNO2/c1-4-2-3-5(10)6-7(4)11-9(13)8(6)12/h2-3,8,12H,1H3,(H,11,13). The first kappa shape index (κ1) is 8.19. The molecule has 0 radical (unpaired) electrons. The van der Waals surface area contributed by atoms with Crippen LogP contribution in [-0.4, -0.2) is 11.0 Å². The molecule has 68 valence electrons. The maximum Gasteiger partial charge on any atom is 0.258 e. The summed E-state index contributed by atoms with van der Waals surface area (Å²) in [5.41, 5.74) is 1.21. The zero-order valence-electron chi connectivity index (χ0n) is 6.97. The van der Waals surface area contributed by atoms with Crippen LogP contribution in [0, 0.1) is 12.7 Å². The molecule has 1 aromatic carbocycles. The molecule has 1 heterocycles. The molecule has 0 saturated heterocycles. The summed E-state index contributed by atoms with van der Waals surface area (Å²) < 4.78 is 13.1. The van der Waals surface area contributed by atoms with E-state index in [-0.39, 0.29) is 5.56 Å². The molecule has 2 N–H and O–H groups in total. The van der Waals surface area contributed by atoms with Gasteiger partial charge in [-0.3, -0.25) is 4.79 Å². The molecule has 1 aliphatic heterocycles. The molecule has 1 unspecified atom stereocenters. The Morgan fingerprint density at radius 2 is 2.23 bits per heavy atom. The predicted molar refractivity (Wildman–Crippen MR) is 44.7 cm³/mol. The third-order valence-electron chi connectivity index (χ3n) is 2.17. The molecule has 4 heteroatoms. The van der Waals surface area contributed by atoms with Crippen molar-refractivity contribution in [1.82, 2.24) is 0 Å². The number of fused-ring (bicyclic) bond motifs is 1. The largest absolute Gasteiger partial charge is 0.378 e. The van der Waals surface area contributed by atoms with Gasteiger partial charge in [0.2, 0.25) is 0 Å². The number of benzene rings is 1. The summed E-state index contributed by atoms with van der Waals surface area (Å²) in [6, 6.07) is 2.81. The predicted octanol–water partition coefficient (Wildman–Crippen LogP) is 1.12. The van der Waals surface area contributed by atoms with E-state index in [4.69, 9.17) is 0 Å². The number of rotatable bonds is 0. The van der Waals surface area contributed by atoms with Crippen LogP contribution < -0.4 is 5.32 Å². The van der Waals surface area contributed by atoms with E-state index in [0.29, 0.717) is 5.69 Å². The number of anilines is 1. The molecule has 1 amide bonds. The fourth-order valence-corrected chi connectivity index (χ4v) is 1.46. The number of halogens is 1. The van der Waals surface area contributed by atoms with Crippen molar-refractivity contribution in [3.63, 3.8) is 0 Å². The fourth-order valence-electron chi connectivity index (χ4n) is 1.46. The molecule has 1 atom stereocenters. The summed E-state index contributed by atoms with van der Waals surface area (Å²) in [7, 11) is 0. The van der Waals surface area contributed by atoms with Gasteiger partial charge in [-0.1, -0.05) is 6.07 Å². The monoisotopic (exact) mass is 181 g/mol. The van der Waals surface area contributed by atoms with Crippen LogP contribution >= 0.6 is 0 Å². The van der Waals surface area contributed by atoms with Crippen LogP contribution in [0.4, 0.5) is 10.1 Å². The molecule has 2 rings (SSSR count). The Labute approximate surface area is 74.2 Å². The lowest BCUT2D eigenvalue weighted by atomic mass is 10.1. The highest BCUT2D eigenvalue weighted by atomic mass is 19.1. The topological polar surface area (TPSA) is 49.3 Å². The first-order valence-corrected chi connectivity index (χ1v) is 3.89. The molecule has 0 aromatic heterocycles. The highest BCUT2D eigenvalue weighted by molar-refractivity contribution is 6.02. The summed E-state index contributed by atoms with van der Waals surface area (Å²) in [5, 5.41) is 11.7. The maximum absolute atomic E-state index is 13.1. The molecular formula is C9H8FNO2. The average Bonchev–Trinajstić information content (AvgIpc) is 2.38. The van der Waals surface area contributed by atoms with Gasteiger partial charge >= 0.3 is 0 Å². The summed E-state index contributed by atoms with van der Waals surface area (Å²) in [6.45, 7) is 1.75. The van der Waals surface area contributed by atoms with Gasteiger partial charge in [-0.25, -0.2) is 4.39 Å². The smallest absolute Gasteiger partial charge is 0.258 e. The Morgan fingerprint density at radius 1 is 1.54 bits per heavy atom. The van der Waals surface area contributed by atoms with Crippen LogP contribution in [-0.2, 0) is 4.79 Å². The van der Waals surface area contributed by atoms with E-state index < -0.39 is 17.8 Å². The first-order valence-electron chi connectivity index (χ1n) is 3.89. The number of aliphatic hydroxyl groups excluding tert-OH is 1. The third-order valence-corrected chi connectivity index (χ3v) is 2.17. The van der Waals surface area contributed by atoms with Crippen molar-refractivity contribution in [2.75, 3.05) is 5.32 Å². The molecule has 0 spiro atoms. The number of aryl methyl sites for hydroxylation is 1. The second kappa shape index (κ2) is 2.53. The SMILES string of the molecule is Cc1ccc(F)c2c1NC(=O)C2O. The second-order valence-corrected chi connectivity index (χ2v) is 3.04. The van der Waals surface area contributed by atoms with Gasteiger partial charge in [-0.2, -0.15) is 0 Å². The van der Waals surface area contributed by atoms with Gasteiger partial charge in [-0.05, 0) is 18.6 Å². The number of nitrogens with one attached hydrogen (secondary N) is 1. The van der Waals surface area contributed by atoms with E-state index >= 15 is 0 Å². The fraction of sp³-hybridized carbons (Fsp3) is 0.222. The van der Waals surface area contributed by atoms with Crippen LogP contribution in [0.15, 0.2) is 12.1 Å². The van der Waals surface area contributed by atoms with Gasteiger partial charge in [0, 0.05) is 5.56 Å². The second-order valence-electron chi connectivity index (χ2n) is 3.04. The van der Waals surface area contributed by atoms with Crippen molar-refractivity contribution in [2.24, 2.45) is 0 Å². The number of hydrogen-bond acceptors (Lipinski definition) is 2. The van der Waals surface area contributed by atoms with Crippen LogP contribution in [0.3, 0.4) is 0 Å². The Bertz CT molecular complexity index is 389. The molecule has 13 heavy (non-hydrogen) atoms. The van der Waals surface area contributed by atoms with Crippen molar-refractivity contribution in [3.05, 3.63) is 29.1 Å². The average molecular weight is 181 g/mol. The van der Waals surface area contributed by atoms with Crippen LogP contribution in [0.25, 0.3) is 0 Å². The van der Waals surface area contributed by atoms with E-state index in [1.54, 1.807) is 13.0 Å². The molecule has 1 aromatic rings. The molecule has 3 nitrogen and oxygen atoms in total. The van der Waals surface area contributed by atoms with E-state index in [1.165, 1.54) is 6.07 Å². The molecule has 1 aliphatic rings. The summed E-state index contributed by atoms with van der Waals surface area (Å²) in [5.74, 6) is -1.12. The minimum atomic E-state index is -1.37. The van der Waals surface area contributed by atoms with Gasteiger partial charge in [0.1, 0.15) is 5.82 Å². The molecule has 0 aliphatic carbocycles. The zero-order valence-corrected chi connectivity index (χ0v) is 6.97. The van der Waals surface area contributed by atoms with Gasteiger partial charge in [0.15, 0.2) is 6.10 Å². The number of hydrogen-bond donors (Lipinski definition) is 2. The summed E-state index contributed by atoms with van der Waals surface area (Å²) in [4.78, 5) is 11.0. The van der Waals surface area contributed by atoms with Crippen molar-refractivity contribution >= 4 is 11.6 Å². The Hall–Kier alpha value is -1.42. The summed E-state index contributed by atoms with van der Waals surface area (Å²) in [6.07, 6.45) is -1.37. The number of carbonyl (C=O) groups excluding carboxylic acids is 1. The number of amides is 1. The van der Waals surface area contributed by atoms with E-state index in [2.05, 4.69) is 5.32 Å². The normalized spacial score (nSPS) is 19.9. The van der Waals surface area contributed by atoms with E-state index in [0.717, 1.165) is 5.56 Å². The quantitative estimate of drug-likeness (QED) is 0.630. The highest BCUT2D eigenvalue weighted by Crippen LogP contribution is 2.35. The minimum Gasteiger partial charge on any atom is -0.378 e. The van der Waals surface area contributed by atoms with Crippen molar-refractivity contribution in [3.8, 4) is 0 Å². The van der Waals surface area contributed by atoms with Crippen molar-refractivity contribution < 1.29 is 14.3 Å². The lowest BCUT2D eigenvalue weighted by Gasteiger charge is -2.04. The van der Waals surface area contributed by atoms with Gasteiger partial charge < -0.3 is 10.4 Å². The lowest BCUT2D eigenvalue weighted by Crippen LogP contribution is -2.11. The van der Waals surface area contributed by atoms with E-state index in [9.17, 15) is 14.3 Å². The van der Waals surface area contributed by atoms with Crippen molar-refractivity contribution in [1.29, 1.82) is 0 Å². The maximum atomic E-state index is 13.1. The zero-order chi connectivity index (χ0) is 9.59. The number of aliphatic hydroxyl groups is 1. The Balaban J connectivity index is 2.68. The molecule has 0 bridgehead atoms.